The highest BCUT2D eigenvalue weighted by Crippen LogP contribution is 2.32. The molecule has 1 aliphatic heterocycles. The third kappa shape index (κ3) is 7.74. The minimum Gasteiger partial charge on any atom is -0.492 e. The Labute approximate surface area is 175 Å². The Kier molecular flexibility index (Phi) is 10.9. The molecule has 1 atom stereocenters. The second-order valence-corrected chi connectivity index (χ2v) is 6.32. The maximum Gasteiger partial charge on any atom is 0.191 e. The lowest BCUT2D eigenvalue weighted by Crippen LogP contribution is -2.40. The van der Waals surface area contributed by atoms with Crippen LogP contribution in [0.4, 0.5) is 8.78 Å². The Morgan fingerprint density at radius 2 is 2.15 bits per heavy atom. The maximum absolute atomic E-state index is 13.1. The highest BCUT2D eigenvalue weighted by Gasteiger charge is 2.34. The first-order valence-electron chi connectivity index (χ1n) is 8.87. The van der Waals surface area contributed by atoms with Crippen LogP contribution in [0.25, 0.3) is 0 Å². The summed E-state index contributed by atoms with van der Waals surface area (Å²) in [5.74, 6) is -0.911. The third-order valence-electron chi connectivity index (χ3n) is 4.30. The lowest BCUT2D eigenvalue weighted by molar-refractivity contribution is 0.131. The Balaban J connectivity index is 0.00000364. The van der Waals surface area contributed by atoms with Crippen LogP contribution in [0.15, 0.2) is 23.2 Å². The number of ether oxygens (including phenoxy) is 2. The smallest absolute Gasteiger partial charge is 0.191 e. The molecule has 0 aromatic heterocycles. The molecule has 1 fully saturated rings. The molecule has 0 bridgehead atoms. The number of aliphatic hydroxyl groups excluding tert-OH is 1. The fourth-order valence-electron chi connectivity index (χ4n) is 2.78. The molecule has 6 nitrogen and oxygen atoms in total. The van der Waals surface area contributed by atoms with E-state index in [1.165, 1.54) is 6.07 Å². The number of aliphatic imine (C=N–C) groups is 1. The Morgan fingerprint density at radius 3 is 2.78 bits per heavy atom. The summed E-state index contributed by atoms with van der Waals surface area (Å²) in [4.78, 5) is 4.59. The molecule has 0 aliphatic carbocycles. The molecule has 3 N–H and O–H groups in total. The molecule has 1 unspecified atom stereocenters. The van der Waals surface area contributed by atoms with Gasteiger partial charge in [-0.25, -0.2) is 8.78 Å². The Morgan fingerprint density at radius 1 is 1.33 bits per heavy atom. The van der Waals surface area contributed by atoms with Gasteiger partial charge in [0.05, 0.1) is 19.7 Å². The first-order valence-corrected chi connectivity index (χ1v) is 8.87. The average molecular weight is 499 g/mol. The highest BCUT2D eigenvalue weighted by molar-refractivity contribution is 14.0. The minimum atomic E-state index is -0.932. The van der Waals surface area contributed by atoms with Gasteiger partial charge in [-0.15, -0.1) is 24.0 Å². The molecule has 27 heavy (non-hydrogen) atoms. The van der Waals surface area contributed by atoms with Crippen molar-refractivity contribution >= 4 is 29.9 Å². The Hall–Kier alpha value is -1.20. The molecule has 0 radical (unpaired) electrons. The second kappa shape index (κ2) is 12.3. The van der Waals surface area contributed by atoms with Gasteiger partial charge in [0, 0.05) is 31.2 Å². The van der Waals surface area contributed by atoms with Crippen LogP contribution in [0, 0.1) is 17.0 Å². The SMILES string of the molecule is CCNC(=NCC1(CCO)CCOC1)NCCOc1ccc(F)c(F)c1.I. The van der Waals surface area contributed by atoms with E-state index in [4.69, 9.17) is 9.47 Å². The number of nitrogens with one attached hydrogen (secondary N) is 2. The predicted molar refractivity (Wildman–Crippen MR) is 111 cm³/mol. The van der Waals surface area contributed by atoms with Crippen LogP contribution in [0.5, 0.6) is 5.75 Å². The van der Waals surface area contributed by atoms with Crippen molar-refractivity contribution in [2.24, 2.45) is 10.4 Å². The fraction of sp³-hybridized carbons (Fsp3) is 0.611. The largest absolute Gasteiger partial charge is 0.492 e. The predicted octanol–water partition coefficient (Wildman–Crippen LogP) is 2.31. The standard InChI is InChI=1S/C18H27F2N3O3.HI/c1-2-21-17(23-12-18(5-8-24)6-9-25-13-18)22-7-10-26-14-3-4-15(19)16(20)11-14;/h3-4,11,24H,2,5-10,12-13H2,1H3,(H2,21,22,23);1H. The van der Waals surface area contributed by atoms with Crippen LogP contribution in [-0.4, -0.2) is 57.1 Å². The zero-order chi connectivity index (χ0) is 18.8. The molecule has 2 rings (SSSR count). The van der Waals surface area contributed by atoms with E-state index in [0.29, 0.717) is 45.2 Å². The summed E-state index contributed by atoms with van der Waals surface area (Å²) in [6.45, 7) is 5.39. The molecule has 0 saturated carbocycles. The number of rotatable bonds is 9. The first kappa shape index (κ1) is 23.8. The van der Waals surface area contributed by atoms with E-state index >= 15 is 0 Å². The van der Waals surface area contributed by atoms with Gasteiger partial charge < -0.3 is 25.2 Å². The number of halogens is 3. The van der Waals surface area contributed by atoms with Gasteiger partial charge in [0.1, 0.15) is 12.4 Å². The van der Waals surface area contributed by atoms with Crippen molar-refractivity contribution in [3.05, 3.63) is 29.8 Å². The number of hydrogen-bond acceptors (Lipinski definition) is 4. The number of aliphatic hydroxyl groups is 1. The van der Waals surface area contributed by atoms with Crippen LogP contribution in [0.1, 0.15) is 19.8 Å². The summed E-state index contributed by atoms with van der Waals surface area (Å²) >= 11 is 0. The fourth-order valence-corrected chi connectivity index (χ4v) is 2.78. The zero-order valence-electron chi connectivity index (χ0n) is 15.5. The summed E-state index contributed by atoms with van der Waals surface area (Å²) < 4.78 is 36.9. The van der Waals surface area contributed by atoms with Gasteiger partial charge >= 0.3 is 0 Å². The quantitative estimate of drug-likeness (QED) is 0.211. The molecule has 1 saturated heterocycles. The molecule has 1 heterocycles. The van der Waals surface area contributed by atoms with E-state index in [1.54, 1.807) is 0 Å². The van der Waals surface area contributed by atoms with Crippen LogP contribution < -0.4 is 15.4 Å². The van der Waals surface area contributed by atoms with Gasteiger partial charge in [0.25, 0.3) is 0 Å². The number of guanidine groups is 1. The van der Waals surface area contributed by atoms with E-state index < -0.39 is 11.6 Å². The molecule has 1 aromatic rings. The van der Waals surface area contributed by atoms with E-state index in [-0.39, 0.29) is 48.4 Å². The summed E-state index contributed by atoms with van der Waals surface area (Å²) in [7, 11) is 0. The van der Waals surface area contributed by atoms with Crippen molar-refractivity contribution in [3.63, 3.8) is 0 Å². The number of benzene rings is 1. The first-order chi connectivity index (χ1) is 12.6. The molecule has 0 amide bonds. The monoisotopic (exact) mass is 499 g/mol. The van der Waals surface area contributed by atoms with Crippen molar-refractivity contribution in [2.75, 3.05) is 46.1 Å². The van der Waals surface area contributed by atoms with Crippen molar-refractivity contribution in [2.45, 2.75) is 19.8 Å². The summed E-state index contributed by atoms with van der Waals surface area (Å²) in [6, 6.07) is 3.44. The summed E-state index contributed by atoms with van der Waals surface area (Å²) in [5, 5.41) is 15.6. The van der Waals surface area contributed by atoms with E-state index in [9.17, 15) is 13.9 Å². The van der Waals surface area contributed by atoms with Crippen LogP contribution >= 0.6 is 24.0 Å². The minimum absolute atomic E-state index is 0. The lowest BCUT2D eigenvalue weighted by atomic mass is 9.84. The van der Waals surface area contributed by atoms with E-state index in [0.717, 1.165) is 18.6 Å². The van der Waals surface area contributed by atoms with E-state index in [2.05, 4.69) is 15.6 Å². The van der Waals surface area contributed by atoms with Gasteiger partial charge in [0.15, 0.2) is 17.6 Å². The number of nitrogens with zero attached hydrogens (tertiary/aromatic N) is 1. The molecular weight excluding hydrogens is 471 g/mol. The normalized spacial score (nSPS) is 19.5. The molecular formula is C18H28F2IN3O3. The van der Waals surface area contributed by atoms with Gasteiger partial charge in [-0.2, -0.15) is 0 Å². The third-order valence-corrected chi connectivity index (χ3v) is 4.30. The van der Waals surface area contributed by atoms with Gasteiger partial charge in [-0.05, 0) is 31.9 Å². The van der Waals surface area contributed by atoms with Crippen molar-refractivity contribution in [1.82, 2.24) is 10.6 Å². The van der Waals surface area contributed by atoms with Gasteiger partial charge in [-0.3, -0.25) is 4.99 Å². The second-order valence-electron chi connectivity index (χ2n) is 6.32. The Bertz CT molecular complexity index is 599. The summed E-state index contributed by atoms with van der Waals surface area (Å²) in [5.41, 5.74) is -0.112. The van der Waals surface area contributed by atoms with Crippen molar-refractivity contribution < 1.29 is 23.4 Å². The zero-order valence-corrected chi connectivity index (χ0v) is 17.8. The van der Waals surface area contributed by atoms with E-state index in [1.807, 2.05) is 6.92 Å². The summed E-state index contributed by atoms with van der Waals surface area (Å²) in [6.07, 6.45) is 1.55. The molecule has 154 valence electrons. The molecule has 0 spiro atoms. The maximum atomic E-state index is 13.1. The average Bonchev–Trinajstić information content (AvgIpc) is 3.08. The number of hydrogen-bond donors (Lipinski definition) is 3. The van der Waals surface area contributed by atoms with Crippen LogP contribution in [0.2, 0.25) is 0 Å². The van der Waals surface area contributed by atoms with Crippen molar-refractivity contribution in [3.8, 4) is 5.75 Å². The molecule has 9 heteroatoms. The topological polar surface area (TPSA) is 75.1 Å². The van der Waals surface area contributed by atoms with Crippen molar-refractivity contribution in [1.29, 1.82) is 0 Å². The van der Waals surface area contributed by atoms with Gasteiger partial charge in [-0.1, -0.05) is 0 Å². The van der Waals surface area contributed by atoms with Crippen LogP contribution in [0.3, 0.4) is 0 Å². The highest BCUT2D eigenvalue weighted by atomic mass is 127. The van der Waals surface area contributed by atoms with Gasteiger partial charge in [0.2, 0.25) is 0 Å². The lowest BCUT2D eigenvalue weighted by Gasteiger charge is -2.24. The molecule has 1 aliphatic rings. The van der Waals surface area contributed by atoms with Crippen LogP contribution in [-0.2, 0) is 4.74 Å². The molecule has 1 aromatic carbocycles.